The molecule has 1 aliphatic carbocycles. The van der Waals surface area contributed by atoms with Crippen LogP contribution in [0.15, 0.2) is 24.4 Å². The molecule has 2 aliphatic rings. The Kier molecular flexibility index (Phi) is 5.98. The van der Waals surface area contributed by atoms with Gasteiger partial charge in [-0.1, -0.05) is 12.1 Å². The minimum atomic E-state index is 0.101. The molecular weight excluding hydrogens is 360 g/mol. The van der Waals surface area contributed by atoms with Crippen LogP contribution in [0.3, 0.4) is 0 Å². The van der Waals surface area contributed by atoms with Crippen LogP contribution in [0.5, 0.6) is 0 Å². The first kappa shape index (κ1) is 20.4. The lowest BCUT2D eigenvalue weighted by Gasteiger charge is -2.45. The van der Waals surface area contributed by atoms with E-state index in [2.05, 4.69) is 54.8 Å². The molecule has 5 nitrogen and oxygen atoms in total. The number of nitrogens with zero attached hydrogens (tertiary/aromatic N) is 3. The number of hydrogen-bond acceptors (Lipinski definition) is 3. The number of likely N-dealkylation sites (N-methyl/N-ethyl adjacent to an activating group) is 1. The molecular formula is C24H36N4O. The Morgan fingerprint density at radius 3 is 2.76 bits per heavy atom. The summed E-state index contributed by atoms with van der Waals surface area (Å²) in [6.45, 7) is 8.43. The molecule has 4 rings (SSSR count). The average molecular weight is 397 g/mol. The molecule has 0 bridgehead atoms. The number of rotatable bonds is 7. The maximum Gasteiger partial charge on any atom is 0.226 e. The zero-order chi connectivity index (χ0) is 20.5. The van der Waals surface area contributed by atoms with Crippen molar-refractivity contribution in [3.8, 4) is 0 Å². The Bertz CT molecular complexity index is 869. The average Bonchev–Trinajstić information content (AvgIpc) is 3.08. The first-order valence-corrected chi connectivity index (χ1v) is 11.4. The maximum absolute atomic E-state index is 13.1. The summed E-state index contributed by atoms with van der Waals surface area (Å²) >= 11 is 0. The van der Waals surface area contributed by atoms with Gasteiger partial charge in [-0.15, -0.1) is 0 Å². The van der Waals surface area contributed by atoms with E-state index in [4.69, 9.17) is 5.73 Å². The SMILES string of the molecule is CCN(CC)C(=O)[C@@H]1CC2c3cccc4c3c(cn4CCCCN)C[C@H]2N(C)C1. The summed E-state index contributed by atoms with van der Waals surface area (Å²) in [5.41, 5.74) is 9.98. The van der Waals surface area contributed by atoms with E-state index < -0.39 is 0 Å². The highest BCUT2D eigenvalue weighted by Crippen LogP contribution is 2.45. The Morgan fingerprint density at radius 2 is 2.03 bits per heavy atom. The topological polar surface area (TPSA) is 54.5 Å². The van der Waals surface area contributed by atoms with Crippen molar-refractivity contribution in [2.45, 2.75) is 58.0 Å². The van der Waals surface area contributed by atoms with Gasteiger partial charge in [-0.3, -0.25) is 4.79 Å². The van der Waals surface area contributed by atoms with Crippen molar-refractivity contribution in [1.29, 1.82) is 0 Å². The number of nitrogens with two attached hydrogens (primary N) is 1. The van der Waals surface area contributed by atoms with E-state index in [1.807, 2.05) is 4.90 Å². The molecule has 1 unspecified atom stereocenters. The highest BCUT2D eigenvalue weighted by Gasteiger charge is 2.42. The van der Waals surface area contributed by atoms with E-state index in [0.29, 0.717) is 17.9 Å². The molecule has 0 spiro atoms. The molecule has 0 radical (unpaired) electrons. The van der Waals surface area contributed by atoms with Crippen LogP contribution in [0.1, 0.15) is 50.2 Å². The number of benzene rings is 1. The quantitative estimate of drug-likeness (QED) is 0.731. The lowest BCUT2D eigenvalue weighted by molar-refractivity contribution is -0.137. The predicted octanol–water partition coefficient (Wildman–Crippen LogP) is 3.21. The summed E-state index contributed by atoms with van der Waals surface area (Å²) < 4.78 is 2.43. The molecule has 2 heterocycles. The van der Waals surface area contributed by atoms with Crippen LogP contribution in [0.4, 0.5) is 0 Å². The van der Waals surface area contributed by atoms with Crippen LogP contribution in [-0.4, -0.2) is 59.5 Å². The highest BCUT2D eigenvalue weighted by atomic mass is 16.2. The van der Waals surface area contributed by atoms with Crippen LogP contribution >= 0.6 is 0 Å². The Labute approximate surface area is 174 Å². The monoisotopic (exact) mass is 396 g/mol. The van der Waals surface area contributed by atoms with Crippen molar-refractivity contribution in [3.05, 3.63) is 35.5 Å². The molecule has 0 saturated carbocycles. The van der Waals surface area contributed by atoms with Gasteiger partial charge in [-0.05, 0) is 70.3 Å². The van der Waals surface area contributed by atoms with Crippen molar-refractivity contribution in [2.75, 3.05) is 33.2 Å². The Morgan fingerprint density at radius 1 is 1.24 bits per heavy atom. The smallest absolute Gasteiger partial charge is 0.226 e. The third-order valence-corrected chi connectivity index (χ3v) is 7.20. The van der Waals surface area contributed by atoms with Crippen LogP contribution in [0, 0.1) is 5.92 Å². The molecule has 1 fully saturated rings. The summed E-state index contributed by atoms with van der Waals surface area (Å²) in [4.78, 5) is 17.6. The highest BCUT2D eigenvalue weighted by molar-refractivity contribution is 5.89. The fraction of sp³-hybridized carbons (Fsp3) is 0.625. The largest absolute Gasteiger partial charge is 0.347 e. The number of amides is 1. The van der Waals surface area contributed by atoms with E-state index in [1.165, 1.54) is 22.0 Å². The lowest BCUT2D eigenvalue weighted by atomic mass is 9.72. The maximum atomic E-state index is 13.1. The molecule has 1 aromatic carbocycles. The minimum Gasteiger partial charge on any atom is -0.347 e. The molecule has 1 saturated heterocycles. The van der Waals surface area contributed by atoms with Gasteiger partial charge >= 0.3 is 0 Å². The molecule has 1 aliphatic heterocycles. The standard InChI is InChI=1S/C24H36N4O/c1-4-27(5-2)24(29)18-13-20-19-9-8-10-21-23(19)17(14-22(20)26(3)15-18)16-28(21)12-7-6-11-25/h8-10,16,18,20,22H,4-7,11-15,25H2,1-3H3/t18-,20?,22-/m1/s1. The van der Waals surface area contributed by atoms with Gasteiger partial charge in [0.25, 0.3) is 0 Å². The second-order valence-corrected chi connectivity index (χ2v) is 8.85. The third kappa shape index (κ3) is 3.59. The van der Waals surface area contributed by atoms with Crippen molar-refractivity contribution < 1.29 is 4.79 Å². The molecule has 29 heavy (non-hydrogen) atoms. The molecule has 1 amide bonds. The van der Waals surface area contributed by atoms with Gasteiger partial charge in [0.2, 0.25) is 5.91 Å². The van der Waals surface area contributed by atoms with E-state index in [1.54, 1.807) is 0 Å². The number of unbranched alkanes of at least 4 members (excludes halogenated alkanes) is 1. The first-order valence-electron chi connectivity index (χ1n) is 11.4. The van der Waals surface area contributed by atoms with E-state index in [0.717, 1.165) is 58.4 Å². The van der Waals surface area contributed by atoms with Crippen LogP contribution in [0.25, 0.3) is 10.9 Å². The van der Waals surface area contributed by atoms with Crippen LogP contribution in [-0.2, 0) is 17.8 Å². The predicted molar refractivity (Wildman–Crippen MR) is 119 cm³/mol. The normalized spacial score (nSPS) is 23.9. The van der Waals surface area contributed by atoms with E-state index in [9.17, 15) is 4.79 Å². The fourth-order valence-electron chi connectivity index (χ4n) is 5.70. The number of carbonyl (C=O) groups is 1. The van der Waals surface area contributed by atoms with Crippen LogP contribution < -0.4 is 5.73 Å². The minimum absolute atomic E-state index is 0.101. The Hall–Kier alpha value is -1.85. The van der Waals surface area contributed by atoms with Gasteiger partial charge in [0.15, 0.2) is 0 Å². The number of carbonyl (C=O) groups excluding carboxylic acids is 1. The number of fused-ring (bicyclic) bond motifs is 2. The second kappa shape index (κ2) is 8.49. The summed E-state index contributed by atoms with van der Waals surface area (Å²) in [5.74, 6) is 0.872. The summed E-state index contributed by atoms with van der Waals surface area (Å²) in [6.07, 6.45) is 6.63. The number of hydrogen-bond donors (Lipinski definition) is 1. The molecule has 158 valence electrons. The van der Waals surface area contributed by atoms with E-state index >= 15 is 0 Å². The molecule has 3 atom stereocenters. The van der Waals surface area contributed by atoms with Gasteiger partial charge < -0.3 is 20.1 Å². The summed E-state index contributed by atoms with van der Waals surface area (Å²) in [5, 5.41) is 1.45. The summed E-state index contributed by atoms with van der Waals surface area (Å²) in [6, 6.07) is 7.27. The van der Waals surface area contributed by atoms with Gasteiger partial charge in [-0.25, -0.2) is 0 Å². The molecule has 2 N–H and O–H groups in total. The van der Waals surface area contributed by atoms with Crippen molar-refractivity contribution in [1.82, 2.24) is 14.4 Å². The van der Waals surface area contributed by atoms with Gasteiger partial charge in [0.1, 0.15) is 0 Å². The molecule has 5 heteroatoms. The molecule has 1 aromatic heterocycles. The van der Waals surface area contributed by atoms with Gasteiger partial charge in [0, 0.05) is 55.2 Å². The van der Waals surface area contributed by atoms with Gasteiger partial charge in [0.05, 0.1) is 5.92 Å². The van der Waals surface area contributed by atoms with Crippen molar-refractivity contribution in [3.63, 3.8) is 0 Å². The van der Waals surface area contributed by atoms with Crippen LogP contribution in [0.2, 0.25) is 0 Å². The lowest BCUT2D eigenvalue weighted by Crippen LogP contribution is -2.52. The zero-order valence-electron chi connectivity index (χ0n) is 18.2. The zero-order valence-corrected chi connectivity index (χ0v) is 18.2. The van der Waals surface area contributed by atoms with Gasteiger partial charge in [-0.2, -0.15) is 0 Å². The second-order valence-electron chi connectivity index (χ2n) is 8.85. The first-order chi connectivity index (χ1) is 14.1. The fourth-order valence-corrected chi connectivity index (χ4v) is 5.70. The van der Waals surface area contributed by atoms with Crippen molar-refractivity contribution >= 4 is 16.8 Å². The number of piperidine rings is 1. The number of aromatic nitrogens is 1. The summed E-state index contributed by atoms with van der Waals surface area (Å²) in [7, 11) is 2.21. The number of likely N-dealkylation sites (tertiary alicyclic amines) is 1. The van der Waals surface area contributed by atoms with E-state index in [-0.39, 0.29) is 5.92 Å². The Balaban J connectivity index is 1.66. The molecule has 2 aromatic rings. The third-order valence-electron chi connectivity index (χ3n) is 7.20. The van der Waals surface area contributed by atoms with Crippen molar-refractivity contribution in [2.24, 2.45) is 11.7 Å². The number of aryl methyl sites for hydroxylation is 1.